The molecule has 0 radical (unpaired) electrons. The van der Waals surface area contributed by atoms with Crippen molar-refractivity contribution in [3.8, 4) is 0 Å². The van der Waals surface area contributed by atoms with E-state index in [2.05, 4.69) is 45.2 Å². The van der Waals surface area contributed by atoms with Gasteiger partial charge >= 0.3 is 0 Å². The first-order valence-electron chi connectivity index (χ1n) is 7.18. The second-order valence-electron chi connectivity index (χ2n) is 5.33. The third kappa shape index (κ3) is 3.65. The second-order valence-corrected chi connectivity index (χ2v) is 7.73. The summed E-state index contributed by atoms with van der Waals surface area (Å²) in [5, 5.41) is 3.44. The monoisotopic (exact) mass is 376 g/mol. The molecule has 1 heterocycles. The molecule has 2 aromatic carbocycles. The van der Waals surface area contributed by atoms with Crippen LogP contribution >= 0.6 is 27.7 Å². The number of hydrogen-bond donors (Lipinski definition) is 1. The van der Waals surface area contributed by atoms with Crippen LogP contribution in [0.4, 0.5) is 11.4 Å². The molecular weight excluding hydrogens is 360 g/mol. The fourth-order valence-electron chi connectivity index (χ4n) is 2.54. The van der Waals surface area contributed by atoms with E-state index in [-0.39, 0.29) is 5.91 Å². The highest BCUT2D eigenvalue weighted by Crippen LogP contribution is 2.37. The molecule has 0 saturated carbocycles. The summed E-state index contributed by atoms with van der Waals surface area (Å²) in [5.41, 5.74) is 1.97. The first-order valence-corrected chi connectivity index (χ1v) is 8.85. The number of rotatable bonds is 3. The standard InChI is InChI=1S/C17H17BrN2OS/c1-12-10-20(15-4-2-3-5-16(15)22-12)11-17(21)19-14-8-6-13(18)7-9-14/h2-9,12H,10-11H2,1H3,(H,19,21). The molecule has 3 nitrogen and oxygen atoms in total. The highest BCUT2D eigenvalue weighted by atomic mass is 79.9. The van der Waals surface area contributed by atoms with Crippen LogP contribution in [0.25, 0.3) is 0 Å². The Morgan fingerprint density at radius 3 is 2.77 bits per heavy atom. The summed E-state index contributed by atoms with van der Waals surface area (Å²) in [5.74, 6) is 0.0104. The molecule has 1 unspecified atom stereocenters. The van der Waals surface area contributed by atoms with E-state index in [4.69, 9.17) is 0 Å². The van der Waals surface area contributed by atoms with Crippen LogP contribution in [0.3, 0.4) is 0 Å². The lowest BCUT2D eigenvalue weighted by Gasteiger charge is -2.33. The Morgan fingerprint density at radius 2 is 2.00 bits per heavy atom. The lowest BCUT2D eigenvalue weighted by atomic mass is 10.2. The molecule has 0 bridgehead atoms. The van der Waals surface area contributed by atoms with E-state index in [0.29, 0.717) is 11.8 Å². The van der Waals surface area contributed by atoms with Gasteiger partial charge in [-0.2, -0.15) is 0 Å². The van der Waals surface area contributed by atoms with Gasteiger partial charge in [-0.3, -0.25) is 4.79 Å². The molecule has 0 fully saturated rings. The van der Waals surface area contributed by atoms with Crippen LogP contribution < -0.4 is 10.2 Å². The summed E-state index contributed by atoms with van der Waals surface area (Å²) in [6.07, 6.45) is 0. The predicted molar refractivity (Wildman–Crippen MR) is 96.7 cm³/mol. The van der Waals surface area contributed by atoms with Crippen LogP contribution in [0, 0.1) is 0 Å². The van der Waals surface area contributed by atoms with Crippen LogP contribution in [0.2, 0.25) is 0 Å². The number of nitrogens with zero attached hydrogens (tertiary/aromatic N) is 1. The Kier molecular flexibility index (Phi) is 4.74. The quantitative estimate of drug-likeness (QED) is 0.861. The first kappa shape index (κ1) is 15.4. The number of carbonyl (C=O) groups excluding carboxylic acids is 1. The fraction of sp³-hybridized carbons (Fsp3) is 0.235. The van der Waals surface area contributed by atoms with Crippen molar-refractivity contribution in [3.05, 3.63) is 53.0 Å². The Labute approximate surface area is 143 Å². The van der Waals surface area contributed by atoms with Gasteiger partial charge in [0.05, 0.1) is 12.2 Å². The number of halogens is 1. The summed E-state index contributed by atoms with van der Waals surface area (Å²) in [7, 11) is 0. The number of anilines is 2. The van der Waals surface area contributed by atoms with E-state index >= 15 is 0 Å². The van der Waals surface area contributed by atoms with Gasteiger partial charge in [0.2, 0.25) is 5.91 Å². The summed E-state index contributed by atoms with van der Waals surface area (Å²) in [6.45, 7) is 3.45. The van der Waals surface area contributed by atoms with Gasteiger partial charge in [-0.15, -0.1) is 11.8 Å². The molecule has 1 amide bonds. The molecule has 22 heavy (non-hydrogen) atoms. The van der Waals surface area contributed by atoms with Gasteiger partial charge in [0.1, 0.15) is 0 Å². The van der Waals surface area contributed by atoms with E-state index in [1.54, 1.807) is 0 Å². The lowest BCUT2D eigenvalue weighted by molar-refractivity contribution is -0.115. The summed E-state index contributed by atoms with van der Waals surface area (Å²) in [4.78, 5) is 15.7. The number of benzene rings is 2. The minimum Gasteiger partial charge on any atom is -0.360 e. The maximum Gasteiger partial charge on any atom is 0.243 e. The van der Waals surface area contributed by atoms with Gasteiger partial charge in [0, 0.05) is 26.9 Å². The zero-order valence-electron chi connectivity index (χ0n) is 12.3. The van der Waals surface area contributed by atoms with Gasteiger partial charge in [0.25, 0.3) is 0 Å². The van der Waals surface area contributed by atoms with Crippen molar-refractivity contribution < 1.29 is 4.79 Å². The van der Waals surface area contributed by atoms with Crippen molar-refractivity contribution in [1.82, 2.24) is 0 Å². The number of hydrogen-bond acceptors (Lipinski definition) is 3. The molecule has 2 aromatic rings. The summed E-state index contributed by atoms with van der Waals surface area (Å²) >= 11 is 5.26. The van der Waals surface area contributed by atoms with Crippen LogP contribution in [0.1, 0.15) is 6.92 Å². The average molecular weight is 377 g/mol. The Morgan fingerprint density at radius 1 is 1.27 bits per heavy atom. The van der Waals surface area contributed by atoms with E-state index in [9.17, 15) is 4.79 Å². The zero-order chi connectivity index (χ0) is 15.5. The minimum absolute atomic E-state index is 0.0104. The average Bonchev–Trinajstić information content (AvgIpc) is 2.49. The molecule has 114 valence electrons. The number of thioether (sulfide) groups is 1. The zero-order valence-corrected chi connectivity index (χ0v) is 14.7. The van der Waals surface area contributed by atoms with Crippen molar-refractivity contribution in [2.75, 3.05) is 23.3 Å². The molecule has 0 saturated heterocycles. The Bertz CT molecular complexity index is 675. The van der Waals surface area contributed by atoms with Crippen molar-refractivity contribution >= 4 is 45.0 Å². The molecular formula is C17H17BrN2OS. The van der Waals surface area contributed by atoms with Crippen LogP contribution in [0.15, 0.2) is 57.9 Å². The number of fused-ring (bicyclic) bond motifs is 1. The molecule has 1 atom stereocenters. The molecule has 0 aliphatic carbocycles. The normalized spacial score (nSPS) is 17.0. The molecule has 0 spiro atoms. The molecule has 1 N–H and O–H groups in total. The van der Waals surface area contributed by atoms with Crippen LogP contribution in [-0.4, -0.2) is 24.2 Å². The topological polar surface area (TPSA) is 32.3 Å². The van der Waals surface area contributed by atoms with Gasteiger partial charge in [0.15, 0.2) is 0 Å². The highest BCUT2D eigenvalue weighted by Gasteiger charge is 2.23. The molecule has 3 rings (SSSR count). The van der Waals surface area contributed by atoms with Crippen LogP contribution in [-0.2, 0) is 4.79 Å². The van der Waals surface area contributed by atoms with Gasteiger partial charge in [-0.05, 0) is 36.4 Å². The van der Waals surface area contributed by atoms with Crippen molar-refractivity contribution in [2.45, 2.75) is 17.1 Å². The van der Waals surface area contributed by atoms with E-state index in [1.807, 2.05) is 48.2 Å². The van der Waals surface area contributed by atoms with Crippen molar-refractivity contribution in [2.24, 2.45) is 0 Å². The molecule has 0 aromatic heterocycles. The number of para-hydroxylation sites is 1. The van der Waals surface area contributed by atoms with E-state index in [0.717, 1.165) is 22.4 Å². The predicted octanol–water partition coefficient (Wildman–Crippen LogP) is 4.39. The third-order valence-electron chi connectivity index (χ3n) is 3.47. The number of amides is 1. The van der Waals surface area contributed by atoms with E-state index < -0.39 is 0 Å². The largest absolute Gasteiger partial charge is 0.360 e. The van der Waals surface area contributed by atoms with Crippen molar-refractivity contribution in [3.63, 3.8) is 0 Å². The maximum absolute atomic E-state index is 12.3. The van der Waals surface area contributed by atoms with Crippen molar-refractivity contribution in [1.29, 1.82) is 0 Å². The Hall–Kier alpha value is -1.46. The van der Waals surface area contributed by atoms with Gasteiger partial charge in [-0.25, -0.2) is 0 Å². The first-order chi connectivity index (χ1) is 10.6. The SMILES string of the molecule is CC1CN(CC(=O)Nc2ccc(Br)cc2)c2ccccc2S1. The van der Waals surface area contributed by atoms with Crippen LogP contribution in [0.5, 0.6) is 0 Å². The second kappa shape index (κ2) is 6.75. The third-order valence-corrected chi connectivity index (χ3v) is 5.15. The summed E-state index contributed by atoms with van der Waals surface area (Å²) in [6, 6.07) is 15.9. The molecule has 1 aliphatic rings. The molecule has 5 heteroatoms. The fourth-order valence-corrected chi connectivity index (χ4v) is 3.96. The highest BCUT2D eigenvalue weighted by molar-refractivity contribution is 9.10. The van der Waals surface area contributed by atoms with Gasteiger partial charge < -0.3 is 10.2 Å². The maximum atomic E-state index is 12.3. The summed E-state index contributed by atoms with van der Waals surface area (Å²) < 4.78 is 1.00. The lowest BCUT2D eigenvalue weighted by Crippen LogP contribution is -2.39. The van der Waals surface area contributed by atoms with E-state index in [1.165, 1.54) is 4.90 Å². The number of nitrogens with one attached hydrogen (secondary N) is 1. The molecule has 1 aliphatic heterocycles. The minimum atomic E-state index is 0.0104. The number of carbonyl (C=O) groups is 1. The smallest absolute Gasteiger partial charge is 0.243 e. The Balaban J connectivity index is 1.70. The van der Waals surface area contributed by atoms with Gasteiger partial charge in [-0.1, -0.05) is 35.0 Å².